The number of nitrogens with one attached hydrogen (secondary N) is 3. The SMILES string of the molecule is O=c1[nH]c(=S)[nH]c2c1C(c1ccccc1)c1c(-c3ccccc3)nn(-c3ccccc3)c1N2. The van der Waals surface area contributed by atoms with Gasteiger partial charge in [0.05, 0.1) is 16.9 Å². The third kappa shape index (κ3) is 3.21. The van der Waals surface area contributed by atoms with Crippen LogP contribution in [0.5, 0.6) is 0 Å². The Hall–Kier alpha value is -4.23. The average molecular weight is 450 g/mol. The fourth-order valence-corrected chi connectivity index (χ4v) is 4.70. The van der Waals surface area contributed by atoms with Gasteiger partial charge in [-0.25, -0.2) is 4.68 Å². The lowest BCUT2D eigenvalue weighted by Gasteiger charge is -2.27. The molecule has 0 spiro atoms. The van der Waals surface area contributed by atoms with Gasteiger partial charge >= 0.3 is 0 Å². The number of benzene rings is 3. The number of anilines is 2. The largest absolute Gasteiger partial charge is 0.326 e. The second-order valence-electron chi connectivity index (χ2n) is 7.89. The Morgan fingerprint density at radius 3 is 2.12 bits per heavy atom. The molecule has 0 fully saturated rings. The molecule has 1 aliphatic rings. The van der Waals surface area contributed by atoms with Gasteiger partial charge in [0.1, 0.15) is 11.6 Å². The molecule has 7 heteroatoms. The zero-order valence-electron chi connectivity index (χ0n) is 17.4. The van der Waals surface area contributed by atoms with Crippen LogP contribution >= 0.6 is 12.2 Å². The van der Waals surface area contributed by atoms with Crippen molar-refractivity contribution in [3.63, 3.8) is 0 Å². The van der Waals surface area contributed by atoms with Gasteiger partial charge in [0.15, 0.2) is 4.77 Å². The maximum atomic E-state index is 13.2. The molecule has 1 aliphatic heterocycles. The lowest BCUT2D eigenvalue weighted by molar-refractivity contribution is 0.867. The van der Waals surface area contributed by atoms with Crippen LogP contribution in [0.3, 0.4) is 0 Å². The van der Waals surface area contributed by atoms with E-state index in [0.29, 0.717) is 11.4 Å². The molecule has 0 saturated carbocycles. The maximum Gasteiger partial charge on any atom is 0.257 e. The maximum absolute atomic E-state index is 13.2. The van der Waals surface area contributed by atoms with Gasteiger partial charge in [0.2, 0.25) is 0 Å². The van der Waals surface area contributed by atoms with E-state index < -0.39 is 0 Å². The Morgan fingerprint density at radius 1 is 0.788 bits per heavy atom. The number of aromatic nitrogens is 4. The Labute approximate surface area is 194 Å². The smallest absolute Gasteiger partial charge is 0.257 e. The Balaban J connectivity index is 1.72. The number of aromatic amines is 2. The monoisotopic (exact) mass is 449 g/mol. The third-order valence-corrected chi connectivity index (χ3v) is 6.11. The Bertz CT molecular complexity index is 1570. The predicted octanol–water partition coefficient (Wildman–Crippen LogP) is 5.52. The molecular weight excluding hydrogens is 430 g/mol. The van der Waals surface area contributed by atoms with Crippen LogP contribution in [-0.4, -0.2) is 19.7 Å². The molecule has 3 aromatic carbocycles. The fourth-order valence-electron chi connectivity index (χ4n) is 4.50. The van der Waals surface area contributed by atoms with E-state index in [9.17, 15) is 4.79 Å². The van der Waals surface area contributed by atoms with Crippen molar-refractivity contribution in [1.82, 2.24) is 19.7 Å². The summed E-state index contributed by atoms with van der Waals surface area (Å²) in [7, 11) is 0. The first-order chi connectivity index (χ1) is 16.2. The lowest BCUT2D eigenvalue weighted by atomic mass is 9.82. The molecule has 0 amide bonds. The number of hydrogen-bond acceptors (Lipinski definition) is 4. The summed E-state index contributed by atoms with van der Waals surface area (Å²) in [5.41, 5.74) is 5.04. The predicted molar refractivity (Wildman–Crippen MR) is 132 cm³/mol. The summed E-state index contributed by atoms with van der Waals surface area (Å²) in [5, 5.41) is 8.48. The van der Waals surface area contributed by atoms with Crippen LogP contribution < -0.4 is 10.9 Å². The number of rotatable bonds is 3. The van der Waals surface area contributed by atoms with E-state index in [0.717, 1.165) is 33.9 Å². The third-order valence-electron chi connectivity index (χ3n) is 5.90. The molecule has 6 rings (SSSR count). The normalized spacial score (nSPS) is 14.2. The van der Waals surface area contributed by atoms with Crippen LogP contribution in [-0.2, 0) is 0 Å². The number of hydrogen-bond donors (Lipinski definition) is 3. The molecule has 0 saturated heterocycles. The minimum Gasteiger partial charge on any atom is -0.326 e. The number of fused-ring (bicyclic) bond motifs is 2. The summed E-state index contributed by atoms with van der Waals surface area (Å²) in [6.07, 6.45) is 0. The molecule has 0 radical (unpaired) electrons. The molecule has 0 aliphatic carbocycles. The quantitative estimate of drug-likeness (QED) is 0.311. The van der Waals surface area contributed by atoms with Crippen LogP contribution in [0.2, 0.25) is 0 Å². The standard InChI is InChI=1S/C26H19N5OS/c32-25-21-19(16-10-4-1-5-11-16)20-22(17-12-6-2-7-13-17)30-31(18-14-8-3-9-15-18)24(20)27-23(21)28-26(33)29-25/h1-15,19H,(H3,27,28,29,32,33). The second-order valence-corrected chi connectivity index (χ2v) is 8.30. The number of nitrogens with zero attached hydrogens (tertiary/aromatic N) is 2. The van der Waals surface area contributed by atoms with Gasteiger partial charge in [-0.1, -0.05) is 78.9 Å². The van der Waals surface area contributed by atoms with Gasteiger partial charge < -0.3 is 10.3 Å². The van der Waals surface area contributed by atoms with E-state index in [-0.39, 0.29) is 16.2 Å². The van der Waals surface area contributed by atoms with Crippen molar-refractivity contribution < 1.29 is 0 Å². The van der Waals surface area contributed by atoms with Crippen LogP contribution in [0.25, 0.3) is 16.9 Å². The number of para-hydroxylation sites is 1. The van der Waals surface area contributed by atoms with Gasteiger partial charge in [-0.2, -0.15) is 5.10 Å². The van der Waals surface area contributed by atoms with Crippen LogP contribution in [0.1, 0.15) is 22.6 Å². The summed E-state index contributed by atoms with van der Waals surface area (Å²) >= 11 is 5.27. The van der Waals surface area contributed by atoms with Crippen molar-refractivity contribution in [3.8, 4) is 16.9 Å². The van der Waals surface area contributed by atoms with E-state index in [1.807, 2.05) is 95.7 Å². The second kappa shape index (κ2) is 7.72. The summed E-state index contributed by atoms with van der Waals surface area (Å²) in [6.45, 7) is 0. The highest BCUT2D eigenvalue weighted by molar-refractivity contribution is 7.71. The first kappa shape index (κ1) is 19.5. The number of H-pyrrole nitrogens is 2. The van der Waals surface area contributed by atoms with Crippen molar-refractivity contribution in [3.05, 3.63) is 123 Å². The molecule has 5 aromatic rings. The molecule has 6 nitrogen and oxygen atoms in total. The molecule has 160 valence electrons. The Morgan fingerprint density at radius 2 is 1.42 bits per heavy atom. The molecule has 1 atom stereocenters. The molecule has 3 heterocycles. The van der Waals surface area contributed by atoms with Crippen LogP contribution in [0.15, 0.2) is 95.8 Å². The molecule has 2 aromatic heterocycles. The molecule has 33 heavy (non-hydrogen) atoms. The van der Waals surface area contributed by atoms with Gasteiger partial charge in [0, 0.05) is 17.0 Å². The van der Waals surface area contributed by atoms with Gasteiger partial charge in [-0.15, -0.1) is 0 Å². The summed E-state index contributed by atoms with van der Waals surface area (Å²) in [4.78, 5) is 19.1. The minimum absolute atomic E-state index is 0.216. The highest BCUT2D eigenvalue weighted by atomic mass is 32.1. The zero-order chi connectivity index (χ0) is 22.4. The van der Waals surface area contributed by atoms with Crippen molar-refractivity contribution in [1.29, 1.82) is 0 Å². The van der Waals surface area contributed by atoms with E-state index >= 15 is 0 Å². The highest BCUT2D eigenvalue weighted by Crippen LogP contribution is 2.47. The van der Waals surface area contributed by atoms with Crippen LogP contribution in [0, 0.1) is 4.77 Å². The van der Waals surface area contributed by atoms with Crippen LogP contribution in [0.4, 0.5) is 11.6 Å². The van der Waals surface area contributed by atoms with Crippen molar-refractivity contribution in [2.45, 2.75) is 5.92 Å². The molecule has 1 unspecified atom stereocenters. The summed E-state index contributed by atoms with van der Waals surface area (Å²) < 4.78 is 2.17. The van der Waals surface area contributed by atoms with Gasteiger partial charge in [-0.3, -0.25) is 9.78 Å². The zero-order valence-corrected chi connectivity index (χ0v) is 18.3. The van der Waals surface area contributed by atoms with E-state index in [1.54, 1.807) is 0 Å². The molecule has 0 bridgehead atoms. The topological polar surface area (TPSA) is 78.5 Å². The highest BCUT2D eigenvalue weighted by Gasteiger charge is 2.36. The fraction of sp³-hybridized carbons (Fsp3) is 0.0385. The summed E-state index contributed by atoms with van der Waals surface area (Å²) in [5.74, 6) is 1.06. The van der Waals surface area contributed by atoms with E-state index in [1.165, 1.54) is 0 Å². The van der Waals surface area contributed by atoms with Crippen molar-refractivity contribution >= 4 is 23.9 Å². The average Bonchev–Trinajstić information content (AvgIpc) is 3.23. The lowest BCUT2D eigenvalue weighted by Crippen LogP contribution is -2.26. The van der Waals surface area contributed by atoms with Gasteiger partial charge in [-0.05, 0) is 29.9 Å². The van der Waals surface area contributed by atoms with Crippen molar-refractivity contribution in [2.24, 2.45) is 0 Å². The van der Waals surface area contributed by atoms with E-state index in [2.05, 4.69) is 15.3 Å². The van der Waals surface area contributed by atoms with Gasteiger partial charge in [0.25, 0.3) is 5.56 Å². The van der Waals surface area contributed by atoms with E-state index in [4.69, 9.17) is 17.3 Å². The van der Waals surface area contributed by atoms with Crippen molar-refractivity contribution in [2.75, 3.05) is 5.32 Å². The first-order valence-electron chi connectivity index (χ1n) is 10.6. The summed E-state index contributed by atoms with van der Waals surface area (Å²) in [6, 6.07) is 30.0. The molecular formula is C26H19N5OS. The molecule has 3 N–H and O–H groups in total. The Kier molecular flexibility index (Phi) is 4.55. The minimum atomic E-state index is -0.333. The first-order valence-corrected chi connectivity index (χ1v) is 11.0.